The molecule has 10 nitrogen and oxygen atoms in total. The van der Waals surface area contributed by atoms with Crippen LogP contribution >= 0.6 is 0 Å². The van der Waals surface area contributed by atoms with Crippen LogP contribution in [0.15, 0.2) is 52.3 Å². The molecule has 0 saturated heterocycles. The van der Waals surface area contributed by atoms with Crippen LogP contribution in [0.5, 0.6) is 5.75 Å². The molecule has 0 aliphatic carbocycles. The van der Waals surface area contributed by atoms with E-state index in [0.29, 0.717) is 17.5 Å². The van der Waals surface area contributed by atoms with E-state index in [1.165, 1.54) is 41.1 Å². The van der Waals surface area contributed by atoms with Crippen molar-refractivity contribution in [2.24, 2.45) is 0 Å². The predicted octanol–water partition coefficient (Wildman–Crippen LogP) is 2.04. The maximum Gasteiger partial charge on any atom is 0.511 e. The van der Waals surface area contributed by atoms with E-state index in [0.717, 1.165) is 4.57 Å². The van der Waals surface area contributed by atoms with E-state index in [-0.39, 0.29) is 29.1 Å². The molecule has 30 heavy (non-hydrogen) atoms. The Bertz CT molecular complexity index is 1430. The fraction of sp³-hybridized carbons (Fsp3) is 0.150. The van der Waals surface area contributed by atoms with Crippen LogP contribution in [0.25, 0.3) is 16.4 Å². The minimum atomic E-state index is -1.48. The van der Waals surface area contributed by atoms with E-state index >= 15 is 0 Å². The van der Waals surface area contributed by atoms with E-state index in [9.17, 15) is 19.2 Å². The summed E-state index contributed by atoms with van der Waals surface area (Å²) < 4.78 is 7.14. The lowest BCUT2D eigenvalue weighted by molar-refractivity contribution is 0.102. The van der Waals surface area contributed by atoms with Gasteiger partial charge in [0.1, 0.15) is 0 Å². The van der Waals surface area contributed by atoms with Crippen molar-refractivity contribution in [1.82, 2.24) is 18.9 Å². The van der Waals surface area contributed by atoms with Gasteiger partial charge in [-0.3, -0.25) is 18.6 Å². The molecule has 2 N–H and O–H groups in total. The number of nitrogens with one attached hydrogen (secondary N) is 1. The Morgan fingerprint density at radius 2 is 2.00 bits per heavy atom. The van der Waals surface area contributed by atoms with Crippen LogP contribution in [0.2, 0.25) is 0 Å². The normalized spacial score (nSPS) is 11.1. The summed E-state index contributed by atoms with van der Waals surface area (Å²) in [5.74, 6) is -0.420. The molecule has 0 amide bonds. The van der Waals surface area contributed by atoms with Crippen molar-refractivity contribution in [3.8, 4) is 5.75 Å². The molecule has 0 aliphatic rings. The van der Waals surface area contributed by atoms with Gasteiger partial charge in [-0.2, -0.15) is 0 Å². The van der Waals surface area contributed by atoms with Gasteiger partial charge in [-0.05, 0) is 36.8 Å². The molecule has 0 spiro atoms. The number of ether oxygens (including phenoxy) is 1. The lowest BCUT2D eigenvalue weighted by Crippen LogP contribution is -2.35. The summed E-state index contributed by atoms with van der Waals surface area (Å²) in [5.41, 5.74) is 0.117. The molecular weight excluding hydrogens is 392 g/mol. The first-order chi connectivity index (χ1) is 14.4. The van der Waals surface area contributed by atoms with E-state index in [4.69, 9.17) is 5.11 Å². The highest BCUT2D eigenvalue weighted by molar-refractivity contribution is 6.08. The largest absolute Gasteiger partial charge is 0.511 e. The summed E-state index contributed by atoms with van der Waals surface area (Å²) in [4.78, 5) is 55.4. The highest BCUT2D eigenvalue weighted by atomic mass is 16.7. The van der Waals surface area contributed by atoms with Gasteiger partial charge in [-0.25, -0.2) is 14.6 Å². The molecule has 1 aromatic carbocycles. The second-order valence-corrected chi connectivity index (χ2v) is 6.59. The monoisotopic (exact) mass is 408 g/mol. The summed E-state index contributed by atoms with van der Waals surface area (Å²) in [6.07, 6.45) is 1.93. The molecule has 3 aromatic heterocycles. The first-order valence-corrected chi connectivity index (χ1v) is 9.08. The summed E-state index contributed by atoms with van der Waals surface area (Å²) in [6.45, 7) is 2.11. The number of pyridine rings is 1. The first-order valence-electron chi connectivity index (χ1n) is 9.08. The first kappa shape index (κ1) is 19.1. The molecule has 0 saturated carbocycles. The van der Waals surface area contributed by atoms with Crippen molar-refractivity contribution < 1.29 is 19.4 Å². The Labute approximate surface area is 168 Å². The van der Waals surface area contributed by atoms with Crippen molar-refractivity contribution in [3.63, 3.8) is 0 Å². The molecular formula is C20H16N4O6. The van der Waals surface area contributed by atoms with E-state index < -0.39 is 23.2 Å². The molecule has 10 heteroatoms. The topological polar surface area (TPSA) is 136 Å². The number of imidazole rings is 1. The minimum absolute atomic E-state index is 0.0264. The molecule has 4 rings (SSSR count). The van der Waals surface area contributed by atoms with Gasteiger partial charge < -0.3 is 14.8 Å². The van der Waals surface area contributed by atoms with Crippen LogP contribution in [0, 0.1) is 0 Å². The van der Waals surface area contributed by atoms with Crippen molar-refractivity contribution in [1.29, 1.82) is 0 Å². The van der Waals surface area contributed by atoms with Crippen molar-refractivity contribution in [2.45, 2.75) is 19.9 Å². The van der Waals surface area contributed by atoms with Gasteiger partial charge in [0.05, 0.1) is 28.8 Å². The number of hydrogen-bond acceptors (Lipinski definition) is 6. The van der Waals surface area contributed by atoms with E-state index in [2.05, 4.69) is 14.7 Å². The van der Waals surface area contributed by atoms with Crippen molar-refractivity contribution >= 4 is 28.4 Å². The number of fused-ring (bicyclic) bond motifs is 2. The summed E-state index contributed by atoms with van der Waals surface area (Å²) in [5, 5.41) is 8.99. The summed E-state index contributed by atoms with van der Waals surface area (Å²) >= 11 is 0. The third-order valence-electron chi connectivity index (χ3n) is 4.60. The average molecular weight is 408 g/mol. The molecule has 152 valence electrons. The standard InChI is InChI=1S/C20H16N4O6/c1-2-7-23-18(26)14-8-11(3-6-15(14)22-19(23)27)16(25)17-21-9-12-4-5-13(10-24(12)17)30-20(28)29/h3-6,8-10H,2,7H2,1H3,(H,22,27)(H,28,29). The van der Waals surface area contributed by atoms with E-state index in [1.54, 1.807) is 6.07 Å². The number of benzene rings is 1. The molecule has 0 radical (unpaired) electrons. The minimum Gasteiger partial charge on any atom is -0.449 e. The molecule has 0 unspecified atom stereocenters. The highest BCUT2D eigenvalue weighted by Crippen LogP contribution is 2.19. The van der Waals surface area contributed by atoms with Gasteiger partial charge in [0.25, 0.3) is 5.56 Å². The summed E-state index contributed by atoms with van der Waals surface area (Å²) in [6, 6.07) is 7.42. The number of aromatic nitrogens is 4. The van der Waals surface area contributed by atoms with Crippen LogP contribution in [-0.2, 0) is 6.54 Å². The lowest BCUT2D eigenvalue weighted by atomic mass is 10.1. The Balaban J connectivity index is 1.82. The Morgan fingerprint density at radius 1 is 1.20 bits per heavy atom. The Hall–Kier alpha value is -4.21. The second kappa shape index (κ2) is 7.32. The fourth-order valence-electron chi connectivity index (χ4n) is 3.25. The van der Waals surface area contributed by atoms with Crippen LogP contribution in [0.1, 0.15) is 29.5 Å². The van der Waals surface area contributed by atoms with Crippen LogP contribution in [-0.4, -0.2) is 36.0 Å². The number of rotatable bonds is 5. The quantitative estimate of drug-likeness (QED) is 0.381. The van der Waals surface area contributed by atoms with Crippen LogP contribution < -0.4 is 16.0 Å². The second-order valence-electron chi connectivity index (χ2n) is 6.59. The zero-order valence-corrected chi connectivity index (χ0v) is 15.8. The molecule has 0 aliphatic heterocycles. The maximum absolute atomic E-state index is 13.1. The number of ketones is 1. The molecule has 0 fully saturated rings. The van der Waals surface area contributed by atoms with Crippen LogP contribution in [0.4, 0.5) is 4.79 Å². The number of aromatic amines is 1. The number of nitrogens with zero attached hydrogens (tertiary/aromatic N) is 3. The van der Waals surface area contributed by atoms with Gasteiger partial charge in [-0.1, -0.05) is 6.92 Å². The maximum atomic E-state index is 13.1. The van der Waals surface area contributed by atoms with Gasteiger partial charge >= 0.3 is 11.8 Å². The summed E-state index contributed by atoms with van der Waals surface area (Å²) in [7, 11) is 0. The Morgan fingerprint density at radius 3 is 2.73 bits per heavy atom. The van der Waals surface area contributed by atoms with Gasteiger partial charge in [0, 0.05) is 12.1 Å². The predicted molar refractivity (Wildman–Crippen MR) is 106 cm³/mol. The SMILES string of the molecule is CCCn1c(=O)[nH]c2ccc(C(=O)c3ncc4ccc(OC(=O)O)cn34)cc2c1=O. The van der Waals surface area contributed by atoms with Gasteiger partial charge in [0.15, 0.2) is 11.6 Å². The van der Waals surface area contributed by atoms with Gasteiger partial charge in [0.2, 0.25) is 5.78 Å². The third kappa shape index (κ3) is 3.24. The van der Waals surface area contributed by atoms with Crippen LogP contribution in [0.3, 0.4) is 0 Å². The number of carbonyl (C=O) groups excluding carboxylic acids is 1. The number of H-pyrrole nitrogens is 1. The van der Waals surface area contributed by atoms with Crippen molar-refractivity contribution in [3.05, 3.63) is 75.0 Å². The zero-order valence-electron chi connectivity index (χ0n) is 15.8. The average Bonchev–Trinajstić information content (AvgIpc) is 3.13. The lowest BCUT2D eigenvalue weighted by Gasteiger charge is -2.07. The zero-order chi connectivity index (χ0) is 21.4. The molecule has 4 aromatic rings. The fourth-order valence-corrected chi connectivity index (χ4v) is 3.25. The highest BCUT2D eigenvalue weighted by Gasteiger charge is 2.18. The number of carboxylic acid groups (broad SMARTS) is 1. The third-order valence-corrected chi connectivity index (χ3v) is 4.60. The smallest absolute Gasteiger partial charge is 0.449 e. The number of carbonyl (C=O) groups is 2. The molecule has 3 heterocycles. The Kier molecular flexibility index (Phi) is 4.66. The van der Waals surface area contributed by atoms with Crippen molar-refractivity contribution in [2.75, 3.05) is 0 Å². The van der Waals surface area contributed by atoms with E-state index in [1.807, 2.05) is 6.92 Å². The molecule has 0 atom stereocenters. The number of hydrogen-bond donors (Lipinski definition) is 2. The molecule has 0 bridgehead atoms. The van der Waals surface area contributed by atoms with Gasteiger partial charge in [-0.15, -0.1) is 0 Å².